The molecule has 0 saturated heterocycles. The van der Waals surface area contributed by atoms with Crippen LogP contribution in [0.25, 0.3) is 22.6 Å². The number of nitrogens with zero attached hydrogens (tertiary/aromatic N) is 2. The zero-order valence-corrected chi connectivity index (χ0v) is 12.7. The van der Waals surface area contributed by atoms with E-state index in [4.69, 9.17) is 10.2 Å². The van der Waals surface area contributed by atoms with E-state index in [0.29, 0.717) is 11.6 Å². The van der Waals surface area contributed by atoms with Gasteiger partial charge in [0.15, 0.2) is 18.0 Å². The second-order valence-electron chi connectivity index (χ2n) is 4.16. The van der Waals surface area contributed by atoms with Gasteiger partial charge in [-0.25, -0.2) is 9.55 Å². The number of aryl methyl sites for hydroxylation is 1. The van der Waals surface area contributed by atoms with E-state index in [-0.39, 0.29) is 24.0 Å². The van der Waals surface area contributed by atoms with Gasteiger partial charge in [-0.05, 0) is 19.1 Å². The van der Waals surface area contributed by atoms with Crippen LogP contribution in [-0.2, 0) is 6.54 Å². The highest BCUT2D eigenvalue weighted by atomic mass is 127. The Morgan fingerprint density at radius 3 is 2.63 bits per heavy atom. The first-order valence-electron chi connectivity index (χ1n) is 5.92. The maximum atomic E-state index is 5.72. The Labute approximate surface area is 128 Å². The van der Waals surface area contributed by atoms with Crippen LogP contribution in [-0.4, -0.2) is 4.98 Å². The number of fused-ring (bicyclic) bond motifs is 1. The lowest BCUT2D eigenvalue weighted by molar-refractivity contribution is -0.693. The molecule has 0 aliphatic heterocycles. The number of pyridine rings is 1. The second kappa shape index (κ2) is 5.56. The Balaban J connectivity index is 0.00000133. The molecular weight excluding hydrogens is 353 g/mol. The highest BCUT2D eigenvalue weighted by Crippen LogP contribution is 2.24. The Morgan fingerprint density at radius 1 is 1.21 bits per heavy atom. The van der Waals surface area contributed by atoms with E-state index < -0.39 is 0 Å². The third-order valence-corrected chi connectivity index (χ3v) is 2.92. The molecule has 0 saturated carbocycles. The molecular formula is C14H14IN3O. The van der Waals surface area contributed by atoms with Gasteiger partial charge in [0.05, 0.1) is 0 Å². The lowest BCUT2D eigenvalue weighted by atomic mass is 10.2. The summed E-state index contributed by atoms with van der Waals surface area (Å²) in [7, 11) is 0. The summed E-state index contributed by atoms with van der Waals surface area (Å²) in [5.41, 5.74) is 8.91. The van der Waals surface area contributed by atoms with Crippen molar-refractivity contribution in [2.45, 2.75) is 13.5 Å². The van der Waals surface area contributed by atoms with Gasteiger partial charge in [0.1, 0.15) is 12.1 Å². The summed E-state index contributed by atoms with van der Waals surface area (Å²) in [5, 5.41) is 0. The molecule has 2 heterocycles. The number of halogens is 1. The third-order valence-electron chi connectivity index (χ3n) is 2.92. The molecule has 0 radical (unpaired) electrons. The molecule has 0 bridgehead atoms. The SMILES string of the molecule is CC[n+]1ccc(-c2nc3ccc(N)cc3o2)cc1.[I-]. The molecule has 0 fully saturated rings. The molecule has 0 amide bonds. The van der Waals surface area contributed by atoms with E-state index in [1.165, 1.54) is 0 Å². The predicted octanol–water partition coefficient (Wildman–Crippen LogP) is -0.612. The smallest absolute Gasteiger partial charge is 0.227 e. The molecule has 0 unspecified atom stereocenters. The number of nitrogen functional groups attached to an aromatic ring is 1. The van der Waals surface area contributed by atoms with E-state index >= 15 is 0 Å². The van der Waals surface area contributed by atoms with Crippen molar-refractivity contribution < 1.29 is 33.0 Å². The van der Waals surface area contributed by atoms with Crippen LogP contribution in [0.15, 0.2) is 47.1 Å². The van der Waals surface area contributed by atoms with Crippen LogP contribution in [0.2, 0.25) is 0 Å². The van der Waals surface area contributed by atoms with Crippen LogP contribution in [0.3, 0.4) is 0 Å². The first kappa shape index (κ1) is 13.8. The fourth-order valence-electron chi connectivity index (χ4n) is 1.88. The van der Waals surface area contributed by atoms with Gasteiger partial charge >= 0.3 is 0 Å². The number of hydrogen-bond donors (Lipinski definition) is 1. The second-order valence-corrected chi connectivity index (χ2v) is 4.16. The van der Waals surface area contributed by atoms with E-state index in [9.17, 15) is 0 Å². The third kappa shape index (κ3) is 2.70. The Kier molecular flexibility index (Phi) is 4.04. The molecule has 2 N–H and O–H groups in total. The van der Waals surface area contributed by atoms with Crippen molar-refractivity contribution in [1.29, 1.82) is 0 Å². The quantitative estimate of drug-likeness (QED) is 0.374. The van der Waals surface area contributed by atoms with E-state index in [1.807, 2.05) is 36.7 Å². The standard InChI is InChI=1S/C14H13N3O.HI/c1-2-17-7-5-10(6-8-17)14-16-12-4-3-11(15)9-13(12)18-14;/h3-9,15H,2H2,1H3;1H. The minimum Gasteiger partial charge on any atom is -1.00 e. The largest absolute Gasteiger partial charge is 1.00 e. The molecule has 2 aromatic heterocycles. The first-order valence-corrected chi connectivity index (χ1v) is 5.92. The Bertz CT molecular complexity index is 691. The summed E-state index contributed by atoms with van der Waals surface area (Å²) in [5.74, 6) is 0.624. The maximum Gasteiger partial charge on any atom is 0.227 e. The summed E-state index contributed by atoms with van der Waals surface area (Å²) >= 11 is 0. The fourth-order valence-corrected chi connectivity index (χ4v) is 1.88. The van der Waals surface area contributed by atoms with E-state index in [2.05, 4.69) is 16.5 Å². The highest BCUT2D eigenvalue weighted by molar-refractivity contribution is 5.79. The van der Waals surface area contributed by atoms with Gasteiger partial charge < -0.3 is 34.1 Å². The van der Waals surface area contributed by atoms with E-state index in [0.717, 1.165) is 23.2 Å². The van der Waals surface area contributed by atoms with E-state index in [1.54, 1.807) is 6.07 Å². The average Bonchev–Trinajstić information content (AvgIpc) is 2.81. The normalized spacial score (nSPS) is 10.4. The van der Waals surface area contributed by atoms with Gasteiger partial charge in [-0.3, -0.25) is 0 Å². The van der Waals surface area contributed by atoms with Crippen LogP contribution >= 0.6 is 0 Å². The molecule has 1 aromatic carbocycles. The summed E-state index contributed by atoms with van der Waals surface area (Å²) in [6.07, 6.45) is 4.02. The number of rotatable bonds is 2. The molecule has 0 aliphatic carbocycles. The monoisotopic (exact) mass is 367 g/mol. The number of oxazole rings is 1. The van der Waals surface area contributed by atoms with Crippen LogP contribution in [0.4, 0.5) is 5.69 Å². The van der Waals surface area contributed by atoms with Crippen LogP contribution in [0.1, 0.15) is 6.92 Å². The lowest BCUT2D eigenvalue weighted by Gasteiger charge is -1.93. The Morgan fingerprint density at radius 2 is 1.95 bits per heavy atom. The molecule has 4 nitrogen and oxygen atoms in total. The zero-order valence-electron chi connectivity index (χ0n) is 10.5. The molecule has 0 atom stereocenters. The molecule has 3 aromatic rings. The zero-order chi connectivity index (χ0) is 12.5. The van der Waals surface area contributed by atoms with Gasteiger partial charge in [0, 0.05) is 29.4 Å². The number of nitrogens with two attached hydrogens (primary N) is 1. The maximum absolute atomic E-state index is 5.72. The van der Waals surface area contributed by atoms with Crippen LogP contribution in [0, 0.1) is 0 Å². The first-order chi connectivity index (χ1) is 8.76. The van der Waals surface area contributed by atoms with Crippen molar-refractivity contribution in [3.8, 4) is 11.5 Å². The summed E-state index contributed by atoms with van der Waals surface area (Å²) in [4.78, 5) is 4.45. The van der Waals surface area contributed by atoms with Crippen molar-refractivity contribution in [1.82, 2.24) is 4.98 Å². The minimum absolute atomic E-state index is 0. The molecule has 5 heteroatoms. The molecule has 3 rings (SSSR count). The fraction of sp³-hybridized carbons (Fsp3) is 0.143. The van der Waals surface area contributed by atoms with Crippen molar-refractivity contribution in [3.05, 3.63) is 42.7 Å². The summed E-state index contributed by atoms with van der Waals surface area (Å²) < 4.78 is 7.80. The summed E-state index contributed by atoms with van der Waals surface area (Å²) in [6.45, 7) is 3.05. The van der Waals surface area contributed by atoms with Crippen molar-refractivity contribution in [2.75, 3.05) is 5.73 Å². The molecule has 0 aliphatic rings. The number of anilines is 1. The van der Waals surface area contributed by atoms with Crippen LogP contribution < -0.4 is 34.3 Å². The molecule has 19 heavy (non-hydrogen) atoms. The van der Waals surface area contributed by atoms with Crippen molar-refractivity contribution in [3.63, 3.8) is 0 Å². The van der Waals surface area contributed by atoms with Crippen molar-refractivity contribution in [2.24, 2.45) is 0 Å². The number of aromatic nitrogens is 2. The average molecular weight is 367 g/mol. The van der Waals surface area contributed by atoms with Crippen LogP contribution in [0.5, 0.6) is 0 Å². The Hall–Kier alpha value is -1.63. The van der Waals surface area contributed by atoms with Gasteiger partial charge in [0.2, 0.25) is 5.89 Å². The molecule has 0 spiro atoms. The van der Waals surface area contributed by atoms with Crippen molar-refractivity contribution >= 4 is 16.8 Å². The summed E-state index contributed by atoms with van der Waals surface area (Å²) in [6, 6.07) is 9.48. The van der Waals surface area contributed by atoms with Gasteiger partial charge in [-0.2, -0.15) is 0 Å². The topological polar surface area (TPSA) is 55.9 Å². The molecule has 98 valence electrons. The van der Waals surface area contributed by atoms with Gasteiger partial charge in [-0.1, -0.05) is 0 Å². The predicted molar refractivity (Wildman–Crippen MR) is 69.7 cm³/mol. The van der Waals surface area contributed by atoms with Gasteiger partial charge in [-0.15, -0.1) is 0 Å². The highest BCUT2D eigenvalue weighted by Gasteiger charge is 2.09. The van der Waals surface area contributed by atoms with Gasteiger partial charge in [0.25, 0.3) is 0 Å². The number of hydrogen-bond acceptors (Lipinski definition) is 3. The number of benzene rings is 1. The lowest BCUT2D eigenvalue weighted by Crippen LogP contribution is -3.00. The minimum atomic E-state index is 0.